The van der Waals surface area contributed by atoms with Crippen molar-refractivity contribution in [3.63, 3.8) is 0 Å². The van der Waals surface area contributed by atoms with Gasteiger partial charge in [-0.2, -0.15) is 10.2 Å². The standard InChI is InChI=1S/2C26H27FN6O.H2O/c2*27-20-6-7-21-19(16-20)10-15-33-25(28-17-29-33)24(21)18-8-13-31(14-9-18)11-3-12-32-23-5-2-1-4-22(23)30-26(32)34;/h2*1-2,4-7,16-17H,3,8-15H2,(H,30,34);1H2. The molecule has 356 valence electrons. The van der Waals surface area contributed by atoms with Crippen LogP contribution in [-0.2, 0) is 39.0 Å². The maximum atomic E-state index is 14.0. The summed E-state index contributed by atoms with van der Waals surface area (Å²) in [5.74, 6) is 1.40. The van der Waals surface area contributed by atoms with Gasteiger partial charge in [0, 0.05) is 63.5 Å². The number of fused-ring (bicyclic) bond motifs is 6. The van der Waals surface area contributed by atoms with E-state index in [1.54, 1.807) is 36.9 Å². The van der Waals surface area contributed by atoms with E-state index in [0.717, 1.165) is 158 Å². The zero-order chi connectivity index (χ0) is 46.1. The van der Waals surface area contributed by atoms with Gasteiger partial charge in [-0.05, 0) is 135 Å². The molecule has 0 unspecified atom stereocenters. The monoisotopic (exact) mass is 934 g/mol. The second kappa shape index (κ2) is 19.9. The first kappa shape index (κ1) is 45.7. The van der Waals surface area contributed by atoms with E-state index in [1.807, 2.05) is 79.2 Å². The van der Waals surface area contributed by atoms with Crippen LogP contribution >= 0.6 is 0 Å². The molecule has 0 radical (unpaired) electrons. The van der Waals surface area contributed by atoms with Crippen molar-refractivity contribution in [2.24, 2.45) is 0 Å². The normalized spacial score (nSPS) is 16.3. The van der Waals surface area contributed by atoms with Crippen LogP contribution in [0.4, 0.5) is 8.78 Å². The molecule has 4 aromatic carbocycles. The Bertz CT molecular complexity index is 3090. The van der Waals surface area contributed by atoms with Crippen LogP contribution in [0.15, 0.2) is 118 Å². The summed E-state index contributed by atoms with van der Waals surface area (Å²) in [7, 11) is 0. The molecule has 15 nitrogen and oxygen atoms in total. The van der Waals surface area contributed by atoms with Crippen molar-refractivity contribution < 1.29 is 14.3 Å². The summed E-state index contributed by atoms with van der Waals surface area (Å²) in [5, 5.41) is 8.83. The summed E-state index contributed by atoms with van der Waals surface area (Å²) in [6.07, 6.45) is 10.4. The number of aromatic amines is 2. The second-order valence-corrected chi connectivity index (χ2v) is 18.3. The van der Waals surface area contributed by atoms with Crippen LogP contribution in [-0.4, -0.2) is 103 Å². The molecule has 4 N–H and O–H groups in total. The van der Waals surface area contributed by atoms with Crippen LogP contribution in [0.1, 0.15) is 72.4 Å². The average Bonchev–Trinajstić information content (AvgIpc) is 4.12. The van der Waals surface area contributed by atoms with Gasteiger partial charge in [0.15, 0.2) is 11.6 Å². The molecule has 4 aliphatic heterocycles. The van der Waals surface area contributed by atoms with E-state index in [1.165, 1.54) is 11.1 Å². The Morgan fingerprint density at radius 2 is 0.928 bits per heavy atom. The van der Waals surface area contributed by atoms with E-state index < -0.39 is 0 Å². The fourth-order valence-electron chi connectivity index (χ4n) is 10.8. The highest BCUT2D eigenvalue weighted by atomic mass is 19.1. The minimum atomic E-state index is -0.195. The van der Waals surface area contributed by atoms with Gasteiger partial charge in [0.1, 0.15) is 24.3 Å². The van der Waals surface area contributed by atoms with Gasteiger partial charge in [0.2, 0.25) is 0 Å². The highest BCUT2D eigenvalue weighted by Crippen LogP contribution is 2.37. The number of piperidine rings is 2. The van der Waals surface area contributed by atoms with E-state index in [0.29, 0.717) is 26.2 Å². The molecule has 69 heavy (non-hydrogen) atoms. The molecule has 0 amide bonds. The lowest BCUT2D eigenvalue weighted by molar-refractivity contribution is 0.249. The van der Waals surface area contributed by atoms with Crippen molar-refractivity contribution in [3.05, 3.63) is 175 Å². The number of H-pyrrole nitrogens is 2. The summed E-state index contributed by atoms with van der Waals surface area (Å²) in [6.45, 7) is 8.59. The van der Waals surface area contributed by atoms with E-state index in [2.05, 4.69) is 39.9 Å². The third-order valence-corrected chi connectivity index (χ3v) is 14.2. The first-order valence-electron chi connectivity index (χ1n) is 23.9. The molecule has 8 aromatic rings. The number of halogens is 2. The Hall–Kier alpha value is -7.08. The summed E-state index contributed by atoms with van der Waals surface area (Å²) < 4.78 is 35.5. The molecule has 2 fully saturated rings. The molecule has 8 heterocycles. The topological polar surface area (TPSA) is 175 Å². The number of aromatic nitrogens is 10. The zero-order valence-corrected chi connectivity index (χ0v) is 38.5. The van der Waals surface area contributed by atoms with Crippen LogP contribution in [0.5, 0.6) is 0 Å². The van der Waals surface area contributed by atoms with Gasteiger partial charge >= 0.3 is 11.4 Å². The minimum absolute atomic E-state index is 0. The largest absolute Gasteiger partial charge is 0.412 e. The molecule has 0 aliphatic carbocycles. The first-order chi connectivity index (χ1) is 33.3. The van der Waals surface area contributed by atoms with E-state index in [4.69, 9.17) is 0 Å². The van der Waals surface area contributed by atoms with Gasteiger partial charge in [-0.25, -0.2) is 37.7 Å². The number of hydrogen-bond donors (Lipinski definition) is 2. The number of benzene rings is 4. The summed E-state index contributed by atoms with van der Waals surface area (Å²) >= 11 is 0. The van der Waals surface area contributed by atoms with Gasteiger partial charge in [0.05, 0.1) is 22.1 Å². The minimum Gasteiger partial charge on any atom is -0.412 e. The maximum absolute atomic E-state index is 14.0. The summed E-state index contributed by atoms with van der Waals surface area (Å²) in [5.41, 5.74) is 12.9. The lowest BCUT2D eigenvalue weighted by Crippen LogP contribution is -2.33. The molecule has 0 bridgehead atoms. The lowest BCUT2D eigenvalue weighted by Gasteiger charge is -2.30. The molecule has 4 aromatic heterocycles. The number of rotatable bonds is 8. The second-order valence-electron chi connectivity index (χ2n) is 18.3. The number of aryl methyl sites for hydroxylation is 6. The van der Waals surface area contributed by atoms with Crippen molar-refractivity contribution in [1.29, 1.82) is 0 Å². The molecule has 4 aliphatic rings. The Balaban J connectivity index is 0.000000158. The fourth-order valence-corrected chi connectivity index (χ4v) is 10.8. The third-order valence-electron chi connectivity index (χ3n) is 14.2. The summed E-state index contributed by atoms with van der Waals surface area (Å²) in [4.78, 5) is 44.6. The Labute approximate surface area is 396 Å². The molecular weight excluding hydrogens is 879 g/mol. The molecule has 0 saturated carbocycles. The Morgan fingerprint density at radius 3 is 1.36 bits per heavy atom. The number of para-hydroxylation sites is 4. The number of imidazole rings is 2. The van der Waals surface area contributed by atoms with E-state index in [9.17, 15) is 18.4 Å². The van der Waals surface area contributed by atoms with Gasteiger partial charge in [-0.3, -0.25) is 9.13 Å². The van der Waals surface area contributed by atoms with Crippen LogP contribution < -0.4 is 11.4 Å². The van der Waals surface area contributed by atoms with Crippen molar-refractivity contribution in [1.82, 2.24) is 58.4 Å². The SMILES string of the molecule is O.O=c1[nH]c2ccccc2n1CCCN1CCC(=C2c3ccc(F)cc3CCn3ncnc32)CC1.O=c1[nH]c2ccccc2n1CCCN1CCC(=C2c3ccc(F)cc3CCn3ncnc32)CC1. The number of likely N-dealkylation sites (tertiary alicyclic amines) is 2. The smallest absolute Gasteiger partial charge is 0.326 e. The van der Waals surface area contributed by atoms with Crippen LogP contribution in [0.2, 0.25) is 0 Å². The lowest BCUT2D eigenvalue weighted by atomic mass is 9.90. The van der Waals surface area contributed by atoms with Gasteiger partial charge < -0.3 is 25.2 Å². The highest BCUT2D eigenvalue weighted by Gasteiger charge is 2.28. The quantitative estimate of drug-likeness (QED) is 0.177. The van der Waals surface area contributed by atoms with Gasteiger partial charge in [-0.1, -0.05) is 47.5 Å². The first-order valence-corrected chi connectivity index (χ1v) is 23.9. The summed E-state index contributed by atoms with van der Waals surface area (Å²) in [6, 6.07) is 25.9. The third kappa shape index (κ3) is 9.29. The van der Waals surface area contributed by atoms with Crippen molar-refractivity contribution in [2.45, 2.75) is 77.5 Å². The average molecular weight is 935 g/mol. The van der Waals surface area contributed by atoms with Gasteiger partial charge in [-0.15, -0.1) is 0 Å². The molecule has 2 saturated heterocycles. The predicted octanol–water partition coefficient (Wildman–Crippen LogP) is 6.38. The van der Waals surface area contributed by atoms with E-state index in [-0.39, 0.29) is 28.5 Å². The number of nitrogens with one attached hydrogen (secondary N) is 2. The Kier molecular flexibility index (Phi) is 13.2. The molecule has 0 atom stereocenters. The number of hydrogen-bond acceptors (Lipinski definition) is 8. The van der Waals surface area contributed by atoms with Crippen LogP contribution in [0.3, 0.4) is 0 Å². The van der Waals surface area contributed by atoms with Crippen molar-refractivity contribution >= 4 is 33.2 Å². The maximum Gasteiger partial charge on any atom is 0.326 e. The van der Waals surface area contributed by atoms with Gasteiger partial charge in [0.25, 0.3) is 0 Å². The molecule has 12 rings (SSSR count). The van der Waals surface area contributed by atoms with Crippen molar-refractivity contribution in [3.8, 4) is 0 Å². The predicted molar refractivity (Wildman–Crippen MR) is 262 cm³/mol. The van der Waals surface area contributed by atoms with Crippen LogP contribution in [0.25, 0.3) is 33.2 Å². The molecule has 0 spiro atoms. The Morgan fingerprint density at radius 1 is 0.507 bits per heavy atom. The van der Waals surface area contributed by atoms with Crippen LogP contribution in [0, 0.1) is 11.6 Å². The fraction of sp³-hybridized carbons (Fsp3) is 0.346. The van der Waals surface area contributed by atoms with Crippen molar-refractivity contribution in [2.75, 3.05) is 39.3 Å². The number of nitrogens with zero attached hydrogens (tertiary/aromatic N) is 10. The molecule has 17 heteroatoms. The zero-order valence-electron chi connectivity index (χ0n) is 38.5. The molecular formula is C52H56F2N12O3. The highest BCUT2D eigenvalue weighted by molar-refractivity contribution is 5.82. The van der Waals surface area contributed by atoms with E-state index >= 15 is 0 Å².